The monoisotopic (exact) mass is 480 g/mol. The van der Waals surface area contributed by atoms with Gasteiger partial charge in [-0.2, -0.15) is 0 Å². The lowest BCUT2D eigenvalue weighted by molar-refractivity contribution is -0.120. The van der Waals surface area contributed by atoms with Crippen LogP contribution in [0.15, 0.2) is 71.6 Å². The van der Waals surface area contributed by atoms with E-state index in [1.165, 1.54) is 12.1 Å². The molecule has 34 heavy (non-hydrogen) atoms. The molecule has 3 rings (SSSR count). The molecule has 0 radical (unpaired) electrons. The molecule has 0 heterocycles. The lowest BCUT2D eigenvalue weighted by Crippen LogP contribution is -2.41. The number of benzene rings is 3. The number of carbonyl (C=O) groups is 1. The van der Waals surface area contributed by atoms with E-state index in [2.05, 4.69) is 11.4 Å². The Bertz CT molecular complexity index is 1240. The molecule has 6 nitrogen and oxygen atoms in total. The summed E-state index contributed by atoms with van der Waals surface area (Å²) < 4.78 is 33.7. The third-order valence-corrected chi connectivity index (χ3v) is 7.39. The summed E-state index contributed by atoms with van der Waals surface area (Å²) in [5.41, 5.74) is 4.64. The first-order valence-corrected chi connectivity index (χ1v) is 12.7. The van der Waals surface area contributed by atoms with Crippen LogP contribution in [-0.2, 0) is 14.8 Å². The molecule has 1 atom stereocenters. The van der Waals surface area contributed by atoms with Crippen molar-refractivity contribution in [2.75, 3.05) is 17.5 Å². The normalized spacial score (nSPS) is 12.1. The van der Waals surface area contributed by atoms with Gasteiger partial charge >= 0.3 is 0 Å². The average Bonchev–Trinajstić information content (AvgIpc) is 2.78. The van der Waals surface area contributed by atoms with Crippen molar-refractivity contribution in [1.82, 2.24) is 5.32 Å². The van der Waals surface area contributed by atoms with Crippen molar-refractivity contribution < 1.29 is 17.9 Å². The molecule has 0 saturated carbocycles. The van der Waals surface area contributed by atoms with Gasteiger partial charge in [0.05, 0.1) is 23.2 Å². The fourth-order valence-electron chi connectivity index (χ4n) is 3.83. The van der Waals surface area contributed by atoms with Crippen LogP contribution in [0.2, 0.25) is 0 Å². The van der Waals surface area contributed by atoms with E-state index < -0.39 is 10.0 Å². The van der Waals surface area contributed by atoms with Gasteiger partial charge < -0.3 is 10.1 Å². The summed E-state index contributed by atoms with van der Waals surface area (Å²) in [5.74, 6) is 0.200. The maximum absolute atomic E-state index is 13.6. The van der Waals surface area contributed by atoms with E-state index in [1.807, 2.05) is 58.9 Å². The molecule has 180 valence electrons. The highest BCUT2D eigenvalue weighted by Gasteiger charge is 2.28. The molecule has 0 aliphatic carbocycles. The van der Waals surface area contributed by atoms with Crippen LogP contribution in [-0.4, -0.2) is 27.5 Å². The van der Waals surface area contributed by atoms with Gasteiger partial charge in [0.25, 0.3) is 10.0 Å². The van der Waals surface area contributed by atoms with Gasteiger partial charge in [-0.1, -0.05) is 41.5 Å². The van der Waals surface area contributed by atoms with E-state index in [9.17, 15) is 13.2 Å². The molecule has 0 bridgehead atoms. The highest BCUT2D eigenvalue weighted by atomic mass is 32.2. The van der Waals surface area contributed by atoms with Crippen LogP contribution in [0, 0.1) is 20.8 Å². The predicted molar refractivity (Wildman–Crippen MR) is 136 cm³/mol. The number of hydrogen-bond acceptors (Lipinski definition) is 4. The second-order valence-electron chi connectivity index (χ2n) is 8.40. The molecule has 0 fully saturated rings. The molecule has 3 aromatic rings. The highest BCUT2D eigenvalue weighted by Crippen LogP contribution is 2.26. The van der Waals surface area contributed by atoms with E-state index in [1.54, 1.807) is 24.3 Å². The molecule has 0 aromatic heterocycles. The Balaban J connectivity index is 1.88. The zero-order valence-electron chi connectivity index (χ0n) is 20.3. The molecular weight excluding hydrogens is 448 g/mol. The zero-order chi connectivity index (χ0) is 24.9. The van der Waals surface area contributed by atoms with Gasteiger partial charge in [0.2, 0.25) is 5.91 Å². The standard InChI is InChI=1S/C27H32N2O4S/c1-6-33-24-12-14-25(15-13-24)34(31,32)29(23-10-7-19(2)8-11-23)18-27(30)28-22(5)26-16-9-20(3)17-21(26)4/h7-17,22H,6,18H2,1-5H3,(H,28,30)/t22-/m0/s1. The second kappa shape index (κ2) is 10.7. The van der Waals surface area contributed by atoms with Gasteiger partial charge in [-0.25, -0.2) is 8.42 Å². The van der Waals surface area contributed by atoms with Crippen molar-refractivity contribution in [3.05, 3.63) is 89.0 Å². The van der Waals surface area contributed by atoms with Crippen molar-refractivity contribution in [3.63, 3.8) is 0 Å². The second-order valence-corrected chi connectivity index (χ2v) is 10.3. The molecule has 1 amide bonds. The largest absolute Gasteiger partial charge is 0.494 e. The van der Waals surface area contributed by atoms with Crippen LogP contribution in [0.3, 0.4) is 0 Å². The average molecular weight is 481 g/mol. The first-order valence-electron chi connectivity index (χ1n) is 11.3. The third-order valence-electron chi connectivity index (χ3n) is 5.60. The van der Waals surface area contributed by atoms with Crippen molar-refractivity contribution in [1.29, 1.82) is 0 Å². The summed E-state index contributed by atoms with van der Waals surface area (Å²) in [4.78, 5) is 13.1. The van der Waals surface area contributed by atoms with E-state index >= 15 is 0 Å². The third kappa shape index (κ3) is 5.97. The first kappa shape index (κ1) is 25.3. The van der Waals surface area contributed by atoms with Crippen LogP contribution in [0.25, 0.3) is 0 Å². The Morgan fingerprint density at radius 3 is 2.15 bits per heavy atom. The molecule has 0 saturated heterocycles. The quantitative estimate of drug-likeness (QED) is 0.463. The summed E-state index contributed by atoms with van der Waals surface area (Å²) in [7, 11) is -3.99. The number of anilines is 1. The molecule has 0 aliphatic heterocycles. The minimum atomic E-state index is -3.99. The molecule has 0 aliphatic rings. The van der Waals surface area contributed by atoms with Crippen molar-refractivity contribution in [2.45, 2.75) is 45.6 Å². The van der Waals surface area contributed by atoms with Crippen molar-refractivity contribution >= 4 is 21.6 Å². The van der Waals surface area contributed by atoms with Gasteiger partial charge in [0, 0.05) is 0 Å². The smallest absolute Gasteiger partial charge is 0.264 e. The highest BCUT2D eigenvalue weighted by molar-refractivity contribution is 7.92. The number of sulfonamides is 1. The summed E-state index contributed by atoms with van der Waals surface area (Å²) >= 11 is 0. The first-order chi connectivity index (χ1) is 16.1. The minimum absolute atomic E-state index is 0.0896. The Hall–Kier alpha value is -3.32. The van der Waals surface area contributed by atoms with Gasteiger partial charge in [-0.05, 0) is 82.1 Å². The number of carbonyl (C=O) groups excluding carboxylic acids is 1. The number of hydrogen-bond donors (Lipinski definition) is 1. The van der Waals surface area contributed by atoms with Crippen LogP contribution >= 0.6 is 0 Å². The Labute approximate surface area is 202 Å². The SMILES string of the molecule is CCOc1ccc(S(=O)(=O)N(CC(=O)N[C@@H](C)c2ccc(C)cc2C)c2ccc(C)cc2)cc1. The van der Waals surface area contributed by atoms with Gasteiger partial charge in [-0.3, -0.25) is 9.10 Å². The Morgan fingerprint density at radius 1 is 0.941 bits per heavy atom. The van der Waals surface area contributed by atoms with Crippen molar-refractivity contribution in [3.8, 4) is 5.75 Å². The van der Waals surface area contributed by atoms with Gasteiger partial charge in [0.1, 0.15) is 12.3 Å². The number of aryl methyl sites for hydroxylation is 3. The van der Waals surface area contributed by atoms with Crippen molar-refractivity contribution in [2.24, 2.45) is 0 Å². The summed E-state index contributed by atoms with van der Waals surface area (Å²) in [6.45, 7) is 9.85. The fraction of sp³-hybridized carbons (Fsp3) is 0.296. The van der Waals surface area contributed by atoms with Crippen LogP contribution in [0.4, 0.5) is 5.69 Å². The van der Waals surface area contributed by atoms with Crippen LogP contribution < -0.4 is 14.4 Å². The molecule has 7 heteroatoms. The Morgan fingerprint density at radius 2 is 1.56 bits per heavy atom. The number of amides is 1. The molecule has 1 N–H and O–H groups in total. The number of nitrogens with zero attached hydrogens (tertiary/aromatic N) is 1. The molecule has 0 spiro atoms. The van der Waals surface area contributed by atoms with Crippen LogP contribution in [0.5, 0.6) is 5.75 Å². The molecule has 3 aromatic carbocycles. The maximum Gasteiger partial charge on any atom is 0.264 e. The van der Waals surface area contributed by atoms with Gasteiger partial charge in [-0.15, -0.1) is 0 Å². The summed E-state index contributed by atoms with van der Waals surface area (Å²) in [6, 6.07) is 19.1. The van der Waals surface area contributed by atoms with E-state index in [0.717, 1.165) is 26.6 Å². The molecule has 0 unspecified atom stereocenters. The topological polar surface area (TPSA) is 75.7 Å². The Kier molecular flexibility index (Phi) is 7.99. The van der Waals surface area contributed by atoms with Gasteiger partial charge in [0.15, 0.2) is 0 Å². The number of ether oxygens (including phenoxy) is 1. The lowest BCUT2D eigenvalue weighted by Gasteiger charge is -2.25. The van der Waals surface area contributed by atoms with Crippen LogP contribution in [0.1, 0.15) is 42.1 Å². The van der Waals surface area contributed by atoms with E-state index in [0.29, 0.717) is 18.0 Å². The number of nitrogens with one attached hydrogen (secondary N) is 1. The lowest BCUT2D eigenvalue weighted by atomic mass is 10.0. The maximum atomic E-state index is 13.6. The predicted octanol–water partition coefficient (Wildman–Crippen LogP) is 5.08. The summed E-state index contributed by atoms with van der Waals surface area (Å²) in [6.07, 6.45) is 0. The molecular formula is C27H32N2O4S. The number of rotatable bonds is 9. The zero-order valence-corrected chi connectivity index (χ0v) is 21.1. The van der Waals surface area contributed by atoms with E-state index in [-0.39, 0.29) is 23.4 Å². The minimum Gasteiger partial charge on any atom is -0.494 e. The fourth-order valence-corrected chi connectivity index (χ4v) is 5.26. The van der Waals surface area contributed by atoms with E-state index in [4.69, 9.17) is 4.74 Å². The summed E-state index contributed by atoms with van der Waals surface area (Å²) in [5, 5.41) is 2.95.